The second-order valence-electron chi connectivity index (χ2n) is 4.67. The van der Waals surface area contributed by atoms with Crippen LogP contribution in [-0.4, -0.2) is 19.1 Å². The first-order valence-corrected chi connectivity index (χ1v) is 6.66. The minimum Gasteiger partial charge on any atom is -0.493 e. The van der Waals surface area contributed by atoms with E-state index in [0.717, 1.165) is 25.2 Å². The summed E-state index contributed by atoms with van der Waals surface area (Å²) in [7, 11) is 0. The van der Waals surface area contributed by atoms with Crippen LogP contribution in [0.3, 0.4) is 0 Å². The zero-order valence-corrected chi connectivity index (χ0v) is 11.1. The predicted octanol–water partition coefficient (Wildman–Crippen LogP) is 1.83. The number of amides is 1. The molecule has 19 heavy (non-hydrogen) atoms. The summed E-state index contributed by atoms with van der Waals surface area (Å²) in [6.07, 6.45) is 2.29. The van der Waals surface area contributed by atoms with Gasteiger partial charge in [-0.2, -0.15) is 5.26 Å². The summed E-state index contributed by atoms with van der Waals surface area (Å²) >= 11 is 0. The maximum Gasteiger partial charge on any atom is 0.237 e. The van der Waals surface area contributed by atoms with Gasteiger partial charge in [0.25, 0.3) is 0 Å². The summed E-state index contributed by atoms with van der Waals surface area (Å²) in [5, 5.41) is 11.6. The molecule has 1 amide bonds. The smallest absolute Gasteiger partial charge is 0.237 e. The van der Waals surface area contributed by atoms with Gasteiger partial charge >= 0.3 is 0 Å². The number of ether oxygens (including phenoxy) is 1. The van der Waals surface area contributed by atoms with Crippen molar-refractivity contribution in [1.29, 1.82) is 5.26 Å². The van der Waals surface area contributed by atoms with Crippen LogP contribution in [0.1, 0.15) is 24.5 Å². The molecule has 4 nitrogen and oxygen atoms in total. The number of hydrogen-bond acceptors (Lipinski definition) is 3. The van der Waals surface area contributed by atoms with Gasteiger partial charge in [0.1, 0.15) is 11.7 Å². The van der Waals surface area contributed by atoms with Crippen LogP contribution in [0.25, 0.3) is 0 Å². The summed E-state index contributed by atoms with van der Waals surface area (Å²) in [4.78, 5) is 11.6. The molecule has 1 heterocycles. The van der Waals surface area contributed by atoms with E-state index in [-0.39, 0.29) is 5.91 Å². The van der Waals surface area contributed by atoms with Crippen LogP contribution in [0.15, 0.2) is 18.2 Å². The molecule has 1 atom stereocenters. The van der Waals surface area contributed by atoms with Crippen molar-refractivity contribution in [2.75, 3.05) is 13.2 Å². The number of nitrogens with zero attached hydrogens (tertiary/aromatic N) is 1. The Morgan fingerprint density at radius 3 is 3.16 bits per heavy atom. The molecular weight excluding hydrogens is 240 g/mol. The lowest BCUT2D eigenvalue weighted by Gasteiger charge is -2.08. The van der Waals surface area contributed by atoms with Crippen molar-refractivity contribution in [2.24, 2.45) is 5.92 Å². The SMILES string of the molecule is CCC(C#N)C(=O)NCCc1ccc2c(c1)CCO2. The Hall–Kier alpha value is -2.02. The summed E-state index contributed by atoms with van der Waals surface area (Å²) in [6.45, 7) is 3.17. The topological polar surface area (TPSA) is 62.1 Å². The number of rotatable bonds is 5. The molecule has 1 N–H and O–H groups in total. The standard InChI is InChI=1S/C15H18N2O2/c1-2-12(10-16)15(18)17-7-5-11-3-4-14-13(9-11)6-8-19-14/h3-4,9,12H,2,5-8H2,1H3,(H,17,18). The molecule has 1 aromatic carbocycles. The van der Waals surface area contributed by atoms with Gasteiger partial charge in [0.05, 0.1) is 12.7 Å². The number of nitrogens with one attached hydrogen (secondary N) is 1. The van der Waals surface area contributed by atoms with Gasteiger partial charge < -0.3 is 10.1 Å². The van der Waals surface area contributed by atoms with E-state index in [4.69, 9.17) is 10.00 Å². The fraction of sp³-hybridized carbons (Fsp3) is 0.467. The van der Waals surface area contributed by atoms with Crippen molar-refractivity contribution in [3.05, 3.63) is 29.3 Å². The minimum atomic E-state index is -0.534. The molecule has 0 radical (unpaired) electrons. The fourth-order valence-electron chi connectivity index (χ4n) is 2.18. The Kier molecular flexibility index (Phi) is 4.40. The number of fused-ring (bicyclic) bond motifs is 1. The molecule has 2 rings (SSSR count). The molecule has 0 saturated carbocycles. The Balaban J connectivity index is 1.83. The highest BCUT2D eigenvalue weighted by atomic mass is 16.5. The van der Waals surface area contributed by atoms with Crippen LogP contribution in [-0.2, 0) is 17.6 Å². The Morgan fingerprint density at radius 1 is 1.58 bits per heavy atom. The number of carbonyl (C=O) groups excluding carboxylic acids is 1. The van der Waals surface area contributed by atoms with Crippen LogP contribution < -0.4 is 10.1 Å². The van der Waals surface area contributed by atoms with Gasteiger partial charge in [-0.05, 0) is 30.0 Å². The summed E-state index contributed by atoms with van der Waals surface area (Å²) < 4.78 is 5.45. The van der Waals surface area contributed by atoms with E-state index in [1.807, 2.05) is 25.1 Å². The van der Waals surface area contributed by atoms with E-state index < -0.39 is 5.92 Å². The van der Waals surface area contributed by atoms with Crippen LogP contribution in [0.5, 0.6) is 5.75 Å². The van der Waals surface area contributed by atoms with Gasteiger partial charge in [0.2, 0.25) is 5.91 Å². The third kappa shape index (κ3) is 3.25. The minimum absolute atomic E-state index is 0.172. The number of benzene rings is 1. The predicted molar refractivity (Wildman–Crippen MR) is 71.7 cm³/mol. The first-order chi connectivity index (χ1) is 9.24. The lowest BCUT2D eigenvalue weighted by molar-refractivity contribution is -0.123. The number of hydrogen-bond donors (Lipinski definition) is 1. The summed E-state index contributed by atoms with van der Waals surface area (Å²) in [6, 6.07) is 8.16. The maximum atomic E-state index is 11.6. The van der Waals surface area contributed by atoms with E-state index >= 15 is 0 Å². The average molecular weight is 258 g/mol. The molecule has 1 aliphatic heterocycles. The first kappa shape index (κ1) is 13.4. The highest BCUT2D eigenvalue weighted by molar-refractivity contribution is 5.80. The highest BCUT2D eigenvalue weighted by Crippen LogP contribution is 2.25. The van der Waals surface area contributed by atoms with Crippen LogP contribution in [0.4, 0.5) is 0 Å². The second-order valence-corrected chi connectivity index (χ2v) is 4.67. The number of nitriles is 1. The van der Waals surface area contributed by atoms with Gasteiger partial charge in [0, 0.05) is 13.0 Å². The molecule has 1 aliphatic rings. The Labute approximate surface area is 113 Å². The van der Waals surface area contributed by atoms with Gasteiger partial charge in [-0.3, -0.25) is 4.79 Å². The van der Waals surface area contributed by atoms with Crippen molar-refractivity contribution in [3.63, 3.8) is 0 Å². The molecule has 1 aromatic rings. The van der Waals surface area contributed by atoms with Crippen molar-refractivity contribution in [1.82, 2.24) is 5.32 Å². The quantitative estimate of drug-likeness (QED) is 0.876. The molecule has 0 aliphatic carbocycles. The first-order valence-electron chi connectivity index (χ1n) is 6.66. The average Bonchev–Trinajstić information content (AvgIpc) is 2.87. The van der Waals surface area contributed by atoms with Crippen molar-refractivity contribution >= 4 is 5.91 Å². The Morgan fingerprint density at radius 2 is 2.42 bits per heavy atom. The summed E-state index contributed by atoms with van der Waals surface area (Å²) in [5.41, 5.74) is 2.43. The van der Waals surface area contributed by atoms with E-state index in [1.54, 1.807) is 0 Å². The molecule has 0 saturated heterocycles. The zero-order valence-electron chi connectivity index (χ0n) is 11.1. The summed E-state index contributed by atoms with van der Waals surface area (Å²) in [5.74, 6) is 0.270. The van der Waals surface area contributed by atoms with Gasteiger partial charge in [0.15, 0.2) is 0 Å². The van der Waals surface area contributed by atoms with Crippen molar-refractivity contribution < 1.29 is 9.53 Å². The Bertz CT molecular complexity index is 505. The molecule has 0 spiro atoms. The van der Waals surface area contributed by atoms with Crippen molar-refractivity contribution in [2.45, 2.75) is 26.2 Å². The lowest BCUT2D eigenvalue weighted by atomic mass is 10.1. The van der Waals surface area contributed by atoms with E-state index in [2.05, 4.69) is 11.4 Å². The molecule has 1 unspecified atom stereocenters. The van der Waals surface area contributed by atoms with E-state index in [1.165, 1.54) is 11.1 Å². The molecular formula is C15H18N2O2. The highest BCUT2D eigenvalue weighted by Gasteiger charge is 2.15. The van der Waals surface area contributed by atoms with Gasteiger partial charge in [-0.1, -0.05) is 19.1 Å². The molecule has 0 fully saturated rings. The van der Waals surface area contributed by atoms with E-state index in [0.29, 0.717) is 13.0 Å². The maximum absolute atomic E-state index is 11.6. The monoisotopic (exact) mass is 258 g/mol. The third-order valence-corrected chi connectivity index (χ3v) is 3.35. The molecule has 0 bridgehead atoms. The van der Waals surface area contributed by atoms with Crippen LogP contribution in [0.2, 0.25) is 0 Å². The van der Waals surface area contributed by atoms with Crippen LogP contribution >= 0.6 is 0 Å². The number of carbonyl (C=O) groups is 1. The lowest BCUT2D eigenvalue weighted by Crippen LogP contribution is -2.31. The molecule has 100 valence electrons. The van der Waals surface area contributed by atoms with Crippen LogP contribution in [0, 0.1) is 17.2 Å². The van der Waals surface area contributed by atoms with Gasteiger partial charge in [-0.15, -0.1) is 0 Å². The molecule has 4 heteroatoms. The third-order valence-electron chi connectivity index (χ3n) is 3.35. The van der Waals surface area contributed by atoms with Gasteiger partial charge in [-0.25, -0.2) is 0 Å². The second kappa shape index (κ2) is 6.24. The molecule has 0 aromatic heterocycles. The van der Waals surface area contributed by atoms with E-state index in [9.17, 15) is 4.79 Å². The largest absolute Gasteiger partial charge is 0.493 e. The normalized spacial score (nSPS) is 14.1. The van der Waals surface area contributed by atoms with Crippen molar-refractivity contribution in [3.8, 4) is 11.8 Å². The zero-order chi connectivity index (χ0) is 13.7. The fourth-order valence-corrected chi connectivity index (χ4v) is 2.18.